The van der Waals surface area contributed by atoms with Gasteiger partial charge in [0.15, 0.2) is 0 Å². The second kappa shape index (κ2) is 6.69. The van der Waals surface area contributed by atoms with Gasteiger partial charge in [-0.15, -0.1) is 0 Å². The standard InChI is InChI=1S/C18H20F6N4OS/c1-26-17-16(25)15(14(19)10-27-17)11-6-8-28(9-7-11)18(29)12-2-4-13(5-3-12)30(20,21,22,23)24/h2-5,10-11H,6-9,25H2,1H3,(H,26,27). The number of hydrogen-bond donors (Lipinski definition) is 2. The highest BCUT2D eigenvalue weighted by Crippen LogP contribution is 3.02. The molecule has 3 N–H and O–H groups in total. The van der Waals surface area contributed by atoms with Gasteiger partial charge in [0.05, 0.1) is 11.9 Å². The Labute approximate surface area is 169 Å². The summed E-state index contributed by atoms with van der Waals surface area (Å²) in [5.74, 6) is -1.06. The van der Waals surface area contributed by atoms with Gasteiger partial charge in [-0.05, 0) is 43.0 Å². The SMILES string of the molecule is CNc1ncc(F)c(C2CCN(C(=O)c3ccc(S(F)(F)(F)(F)F)cc3)CC2)c1N. The largest absolute Gasteiger partial charge is 0.395 e. The lowest BCUT2D eigenvalue weighted by Gasteiger charge is -2.40. The van der Waals surface area contributed by atoms with Crippen LogP contribution < -0.4 is 11.1 Å². The van der Waals surface area contributed by atoms with E-state index in [-0.39, 0.29) is 42.4 Å². The van der Waals surface area contributed by atoms with Crippen molar-refractivity contribution in [1.29, 1.82) is 0 Å². The fraction of sp³-hybridized carbons (Fsp3) is 0.333. The number of piperidine rings is 1. The topological polar surface area (TPSA) is 71.2 Å². The number of nitrogens with zero attached hydrogens (tertiary/aromatic N) is 2. The number of pyridine rings is 1. The molecule has 0 atom stereocenters. The summed E-state index contributed by atoms with van der Waals surface area (Å²) in [5, 5.41) is 2.77. The number of nitrogens with one attached hydrogen (secondary N) is 1. The summed E-state index contributed by atoms with van der Waals surface area (Å²) < 4.78 is 78.3. The molecule has 5 nitrogen and oxygen atoms in total. The van der Waals surface area contributed by atoms with E-state index in [1.54, 1.807) is 7.05 Å². The van der Waals surface area contributed by atoms with Gasteiger partial charge in [-0.2, -0.15) is 0 Å². The van der Waals surface area contributed by atoms with Crippen LogP contribution in [-0.4, -0.2) is 35.9 Å². The van der Waals surface area contributed by atoms with Crippen LogP contribution >= 0.6 is 10.2 Å². The van der Waals surface area contributed by atoms with E-state index in [0.29, 0.717) is 24.2 Å². The number of hydrogen-bond acceptors (Lipinski definition) is 4. The van der Waals surface area contributed by atoms with Gasteiger partial charge in [-0.25, -0.2) is 9.37 Å². The highest BCUT2D eigenvalue weighted by atomic mass is 32.5. The number of halogens is 6. The van der Waals surface area contributed by atoms with Gasteiger partial charge < -0.3 is 16.0 Å². The van der Waals surface area contributed by atoms with Crippen molar-refractivity contribution in [2.24, 2.45) is 0 Å². The zero-order valence-corrected chi connectivity index (χ0v) is 16.7. The first kappa shape index (κ1) is 22.1. The molecule has 3 rings (SSSR count). The molecule has 30 heavy (non-hydrogen) atoms. The van der Waals surface area contributed by atoms with Crippen molar-refractivity contribution < 1.29 is 28.6 Å². The number of likely N-dealkylation sites (tertiary alicyclic amines) is 1. The minimum Gasteiger partial charge on any atom is -0.395 e. The summed E-state index contributed by atoms with van der Waals surface area (Å²) >= 11 is 0. The number of rotatable bonds is 4. The molecule has 0 unspecified atom stereocenters. The predicted octanol–water partition coefficient (Wildman–Crippen LogP) is 5.52. The van der Waals surface area contributed by atoms with Crippen LogP contribution in [0.1, 0.15) is 34.7 Å². The molecule has 166 valence electrons. The summed E-state index contributed by atoms with van der Waals surface area (Å²) in [6, 6.07) is 1.91. The molecular weight excluding hydrogens is 434 g/mol. The molecule has 1 aliphatic heterocycles. The molecule has 1 aliphatic rings. The Balaban J connectivity index is 1.73. The highest BCUT2D eigenvalue weighted by molar-refractivity contribution is 8.45. The number of anilines is 2. The second-order valence-corrected chi connectivity index (χ2v) is 9.50. The van der Waals surface area contributed by atoms with Crippen molar-refractivity contribution >= 4 is 27.6 Å². The maximum absolute atomic E-state index is 14.3. The molecule has 12 heteroatoms. The first-order chi connectivity index (χ1) is 13.7. The normalized spacial score (nSPS) is 17.9. The van der Waals surface area contributed by atoms with Crippen LogP contribution in [0.25, 0.3) is 0 Å². The van der Waals surface area contributed by atoms with E-state index >= 15 is 0 Å². The fourth-order valence-electron chi connectivity index (χ4n) is 3.54. The van der Waals surface area contributed by atoms with Crippen molar-refractivity contribution in [2.75, 3.05) is 31.2 Å². The minimum atomic E-state index is -9.79. The smallest absolute Gasteiger partial charge is 0.310 e. The fourth-order valence-corrected chi connectivity index (χ4v) is 4.19. The predicted molar refractivity (Wildman–Crippen MR) is 104 cm³/mol. The Morgan fingerprint density at radius 3 is 2.20 bits per heavy atom. The van der Waals surface area contributed by atoms with E-state index in [4.69, 9.17) is 5.73 Å². The number of carbonyl (C=O) groups is 1. The second-order valence-electron chi connectivity index (χ2n) is 7.09. The van der Waals surface area contributed by atoms with Crippen LogP contribution in [0.15, 0.2) is 35.4 Å². The highest BCUT2D eigenvalue weighted by Gasteiger charge is 2.65. The number of amides is 1. The van der Waals surface area contributed by atoms with Crippen LogP contribution in [0, 0.1) is 5.82 Å². The molecule has 0 saturated carbocycles. The molecule has 1 amide bonds. The molecule has 0 spiro atoms. The molecular formula is C18H20F6N4OS. The average Bonchev–Trinajstić information content (AvgIpc) is 2.66. The van der Waals surface area contributed by atoms with Crippen LogP contribution in [0.4, 0.5) is 35.3 Å². The molecule has 1 fully saturated rings. The summed E-state index contributed by atoms with van der Waals surface area (Å²) in [6.07, 6.45) is 1.82. The van der Waals surface area contributed by atoms with Gasteiger partial charge in [0.1, 0.15) is 16.5 Å². The van der Waals surface area contributed by atoms with E-state index in [9.17, 15) is 28.6 Å². The maximum atomic E-state index is 14.3. The molecule has 1 aromatic carbocycles. The molecule has 0 aliphatic carbocycles. The van der Waals surface area contributed by atoms with Gasteiger partial charge in [-0.3, -0.25) is 4.79 Å². The third-order valence-corrected chi connectivity index (χ3v) is 6.25. The Bertz CT molecular complexity index is 974. The number of benzene rings is 1. The quantitative estimate of drug-likeness (QED) is 0.597. The Morgan fingerprint density at radius 2 is 1.70 bits per heavy atom. The molecule has 0 radical (unpaired) electrons. The lowest BCUT2D eigenvalue weighted by Crippen LogP contribution is -2.38. The Kier molecular flexibility index (Phi) is 4.92. The van der Waals surface area contributed by atoms with Crippen molar-refractivity contribution in [3.63, 3.8) is 0 Å². The van der Waals surface area contributed by atoms with E-state index in [1.165, 1.54) is 4.90 Å². The first-order valence-corrected chi connectivity index (χ1v) is 10.9. The lowest BCUT2D eigenvalue weighted by atomic mass is 9.88. The zero-order chi connectivity index (χ0) is 22.4. The molecule has 2 heterocycles. The van der Waals surface area contributed by atoms with Gasteiger partial charge in [0.2, 0.25) is 0 Å². The Hall–Kier alpha value is -2.63. The summed E-state index contributed by atoms with van der Waals surface area (Å²) in [5.41, 5.74) is 6.35. The Morgan fingerprint density at radius 1 is 1.13 bits per heavy atom. The molecule has 1 saturated heterocycles. The number of nitrogens with two attached hydrogens (primary N) is 1. The van der Waals surface area contributed by atoms with Gasteiger partial charge in [0.25, 0.3) is 5.91 Å². The third kappa shape index (κ3) is 4.42. The monoisotopic (exact) mass is 454 g/mol. The molecule has 0 bridgehead atoms. The maximum Gasteiger partial charge on any atom is 0.310 e. The van der Waals surface area contributed by atoms with E-state index in [1.807, 2.05) is 0 Å². The molecule has 1 aromatic heterocycles. The first-order valence-electron chi connectivity index (χ1n) is 8.96. The minimum absolute atomic E-state index is 0.133. The third-order valence-electron chi connectivity index (χ3n) is 5.08. The van der Waals surface area contributed by atoms with Crippen molar-refractivity contribution in [1.82, 2.24) is 9.88 Å². The van der Waals surface area contributed by atoms with Gasteiger partial charge >= 0.3 is 10.2 Å². The van der Waals surface area contributed by atoms with Crippen LogP contribution in [0.2, 0.25) is 0 Å². The van der Waals surface area contributed by atoms with Crippen molar-refractivity contribution in [2.45, 2.75) is 23.7 Å². The summed E-state index contributed by atoms with van der Waals surface area (Å²) in [6.45, 7) is 0.422. The van der Waals surface area contributed by atoms with Crippen LogP contribution in [0.5, 0.6) is 0 Å². The lowest BCUT2D eigenvalue weighted by molar-refractivity contribution is 0.0712. The number of aromatic nitrogens is 1. The van der Waals surface area contributed by atoms with Crippen LogP contribution in [0.3, 0.4) is 0 Å². The van der Waals surface area contributed by atoms with Gasteiger partial charge in [-0.1, -0.05) is 19.4 Å². The van der Waals surface area contributed by atoms with Crippen molar-refractivity contribution in [3.8, 4) is 0 Å². The van der Waals surface area contributed by atoms with E-state index in [2.05, 4.69) is 10.3 Å². The van der Waals surface area contributed by atoms with E-state index < -0.39 is 26.8 Å². The van der Waals surface area contributed by atoms with Crippen LogP contribution in [-0.2, 0) is 0 Å². The summed E-state index contributed by atoms with van der Waals surface area (Å²) in [4.78, 5) is 15.7. The number of nitrogen functional groups attached to an aromatic ring is 1. The zero-order valence-electron chi connectivity index (χ0n) is 15.8. The van der Waals surface area contributed by atoms with Gasteiger partial charge in [0, 0.05) is 31.3 Å². The number of carbonyl (C=O) groups excluding carboxylic acids is 1. The van der Waals surface area contributed by atoms with E-state index in [0.717, 1.165) is 18.3 Å². The average molecular weight is 454 g/mol. The molecule has 2 aromatic rings. The summed E-state index contributed by atoms with van der Waals surface area (Å²) in [7, 11) is -8.19. The van der Waals surface area contributed by atoms with Crippen molar-refractivity contribution in [3.05, 3.63) is 47.4 Å².